The minimum Gasteiger partial charge on any atom is -0.464 e. The van der Waals surface area contributed by atoms with Crippen LogP contribution in [0.3, 0.4) is 0 Å². The zero-order valence-corrected chi connectivity index (χ0v) is 14.5. The molecule has 0 aliphatic heterocycles. The normalized spacial score (nSPS) is 11.3. The molecule has 4 nitrogen and oxygen atoms in total. The third-order valence-corrected chi connectivity index (χ3v) is 4.38. The van der Waals surface area contributed by atoms with E-state index in [0.717, 1.165) is 0 Å². The van der Waals surface area contributed by atoms with E-state index >= 15 is 0 Å². The van der Waals surface area contributed by atoms with Gasteiger partial charge in [-0.3, -0.25) is 5.10 Å². The first-order valence-electron chi connectivity index (χ1n) is 7.22. The molecular weight excluding hydrogens is 373 g/mol. The zero-order chi connectivity index (χ0) is 18.1. The summed E-state index contributed by atoms with van der Waals surface area (Å²) < 4.78 is 31.1. The van der Waals surface area contributed by atoms with Crippen LogP contribution < -0.4 is 0 Å². The van der Waals surface area contributed by atoms with Gasteiger partial charge in [0.1, 0.15) is 0 Å². The number of halogens is 4. The van der Waals surface area contributed by atoms with Gasteiger partial charge in [-0.1, -0.05) is 29.3 Å². The summed E-state index contributed by atoms with van der Waals surface area (Å²) in [6, 6.07) is 7.56. The zero-order valence-electron chi connectivity index (χ0n) is 12.9. The molecular formula is C17H12Cl2F2N2O2. The van der Waals surface area contributed by atoms with Crippen molar-refractivity contribution in [3.63, 3.8) is 0 Å². The van der Waals surface area contributed by atoms with E-state index in [9.17, 15) is 13.6 Å². The second-order valence-electron chi connectivity index (χ2n) is 5.38. The maximum Gasteiger partial charge on any atom is 0.359 e. The van der Waals surface area contributed by atoms with E-state index in [-0.39, 0.29) is 17.7 Å². The largest absolute Gasteiger partial charge is 0.464 e. The summed E-state index contributed by atoms with van der Waals surface area (Å²) in [5.74, 6) is -0.653. The van der Waals surface area contributed by atoms with E-state index < -0.39 is 12.4 Å². The Hall–Kier alpha value is -2.18. The number of aromatic nitrogens is 2. The predicted octanol–water partition coefficient (Wildman–Crippen LogP) is 5.18. The van der Waals surface area contributed by atoms with Crippen molar-refractivity contribution in [2.24, 2.45) is 0 Å². The first-order chi connectivity index (χ1) is 11.9. The molecule has 0 atom stereocenters. The lowest BCUT2D eigenvalue weighted by Gasteiger charge is -2.10. The van der Waals surface area contributed by atoms with Gasteiger partial charge in [-0.05, 0) is 41.8 Å². The van der Waals surface area contributed by atoms with Gasteiger partial charge in [-0.15, -0.1) is 0 Å². The van der Waals surface area contributed by atoms with Crippen molar-refractivity contribution in [2.75, 3.05) is 7.11 Å². The van der Waals surface area contributed by atoms with Crippen LogP contribution in [0.5, 0.6) is 0 Å². The number of rotatable bonds is 4. The second-order valence-corrected chi connectivity index (χ2v) is 6.22. The van der Waals surface area contributed by atoms with E-state index in [1.165, 1.54) is 19.2 Å². The topological polar surface area (TPSA) is 55.0 Å². The van der Waals surface area contributed by atoms with Crippen molar-refractivity contribution in [1.29, 1.82) is 0 Å². The summed E-state index contributed by atoms with van der Waals surface area (Å²) in [4.78, 5) is 11.9. The number of ether oxygens (including phenoxy) is 1. The van der Waals surface area contributed by atoms with Crippen molar-refractivity contribution >= 4 is 40.1 Å². The lowest BCUT2D eigenvalue weighted by atomic mass is 9.97. The molecule has 8 heteroatoms. The molecule has 25 heavy (non-hydrogen) atoms. The van der Waals surface area contributed by atoms with E-state index in [0.29, 0.717) is 32.1 Å². The van der Waals surface area contributed by atoms with Crippen LogP contribution in [-0.2, 0) is 11.2 Å². The summed E-state index contributed by atoms with van der Waals surface area (Å²) in [7, 11) is 1.23. The summed E-state index contributed by atoms with van der Waals surface area (Å²) in [6.07, 6.45) is -2.43. The molecule has 0 spiro atoms. The summed E-state index contributed by atoms with van der Waals surface area (Å²) in [5, 5.41) is 7.83. The number of nitrogens with zero attached hydrogens (tertiary/aromatic N) is 1. The fraction of sp³-hybridized carbons (Fsp3) is 0.176. The van der Waals surface area contributed by atoms with Gasteiger partial charge in [0.05, 0.1) is 12.6 Å². The number of alkyl halides is 2. The quantitative estimate of drug-likeness (QED) is 0.630. The van der Waals surface area contributed by atoms with Crippen molar-refractivity contribution in [1.82, 2.24) is 10.2 Å². The Bertz CT molecular complexity index is 957. The smallest absolute Gasteiger partial charge is 0.359 e. The fourth-order valence-corrected chi connectivity index (χ4v) is 3.12. The summed E-state index contributed by atoms with van der Waals surface area (Å²) in [5.41, 5.74) is 1.38. The Morgan fingerprint density at radius 3 is 2.64 bits per heavy atom. The number of aromatic amines is 1. The van der Waals surface area contributed by atoms with E-state index in [1.54, 1.807) is 18.2 Å². The van der Waals surface area contributed by atoms with Gasteiger partial charge >= 0.3 is 5.97 Å². The minimum absolute atomic E-state index is 0.0402. The molecule has 1 aromatic heterocycles. The third kappa shape index (κ3) is 3.45. The molecule has 0 saturated carbocycles. The first kappa shape index (κ1) is 17.6. The number of carbonyl (C=O) groups is 1. The van der Waals surface area contributed by atoms with Crippen molar-refractivity contribution < 1.29 is 18.3 Å². The fourth-order valence-electron chi connectivity index (χ4n) is 2.65. The van der Waals surface area contributed by atoms with Crippen LogP contribution in [0, 0.1) is 0 Å². The van der Waals surface area contributed by atoms with Crippen LogP contribution in [-0.4, -0.2) is 23.3 Å². The van der Waals surface area contributed by atoms with Crippen LogP contribution >= 0.6 is 23.2 Å². The highest BCUT2D eigenvalue weighted by molar-refractivity contribution is 6.35. The van der Waals surface area contributed by atoms with E-state index in [4.69, 9.17) is 27.9 Å². The Kier molecular flexibility index (Phi) is 4.92. The highest BCUT2D eigenvalue weighted by atomic mass is 35.5. The highest BCUT2D eigenvalue weighted by Crippen LogP contribution is 2.32. The Morgan fingerprint density at radius 1 is 1.24 bits per heavy atom. The van der Waals surface area contributed by atoms with Gasteiger partial charge in [0, 0.05) is 21.0 Å². The van der Waals surface area contributed by atoms with Crippen molar-refractivity contribution in [3.8, 4) is 0 Å². The van der Waals surface area contributed by atoms with Gasteiger partial charge in [0.2, 0.25) is 0 Å². The Morgan fingerprint density at radius 2 is 2.00 bits per heavy atom. The van der Waals surface area contributed by atoms with Crippen LogP contribution in [0.4, 0.5) is 8.78 Å². The molecule has 0 radical (unpaired) electrons. The van der Waals surface area contributed by atoms with Crippen LogP contribution in [0.1, 0.15) is 33.6 Å². The second kappa shape index (κ2) is 6.98. The standard InChI is InChI=1S/C17H12Cl2F2N2O2/c1-25-17(24)15-14-9(4-8-2-3-11(18)7-12(8)19)5-10(16(20)21)6-13(14)22-23-15/h2-3,5-7,16H,4H2,1H3,(H,22,23). The summed E-state index contributed by atoms with van der Waals surface area (Å²) in [6.45, 7) is 0. The molecule has 0 aliphatic carbocycles. The van der Waals surface area contributed by atoms with Crippen LogP contribution in [0.25, 0.3) is 10.9 Å². The van der Waals surface area contributed by atoms with E-state index in [1.807, 2.05) is 0 Å². The van der Waals surface area contributed by atoms with Crippen molar-refractivity contribution in [2.45, 2.75) is 12.8 Å². The molecule has 3 aromatic rings. The first-order valence-corrected chi connectivity index (χ1v) is 7.97. The molecule has 0 bridgehead atoms. The number of benzene rings is 2. The third-order valence-electron chi connectivity index (χ3n) is 3.79. The molecule has 0 fully saturated rings. The SMILES string of the molecule is COC(=O)c1n[nH]c2cc(C(F)F)cc(Cc3ccc(Cl)cc3Cl)c12. The molecule has 0 unspecified atom stereocenters. The monoisotopic (exact) mass is 384 g/mol. The molecule has 0 saturated heterocycles. The van der Waals surface area contributed by atoms with Gasteiger partial charge < -0.3 is 4.74 Å². The number of nitrogens with one attached hydrogen (secondary N) is 1. The number of hydrogen-bond acceptors (Lipinski definition) is 3. The van der Waals surface area contributed by atoms with Gasteiger partial charge in [0.15, 0.2) is 5.69 Å². The molecule has 2 aromatic carbocycles. The average molecular weight is 385 g/mol. The van der Waals surface area contributed by atoms with Gasteiger partial charge in [-0.25, -0.2) is 13.6 Å². The van der Waals surface area contributed by atoms with Crippen LogP contribution in [0.15, 0.2) is 30.3 Å². The lowest BCUT2D eigenvalue weighted by molar-refractivity contribution is 0.0596. The lowest BCUT2D eigenvalue weighted by Crippen LogP contribution is -2.04. The molecule has 0 aliphatic rings. The summed E-state index contributed by atoms with van der Waals surface area (Å²) >= 11 is 12.1. The number of methoxy groups -OCH3 is 1. The number of esters is 1. The minimum atomic E-state index is -2.66. The Balaban J connectivity index is 2.19. The molecule has 1 N–H and O–H groups in total. The van der Waals surface area contributed by atoms with Gasteiger partial charge in [-0.2, -0.15) is 5.10 Å². The molecule has 1 heterocycles. The maximum atomic E-state index is 13.2. The Labute approximate surface area is 151 Å². The maximum absolute atomic E-state index is 13.2. The molecule has 3 rings (SSSR count). The highest BCUT2D eigenvalue weighted by Gasteiger charge is 2.21. The number of hydrogen-bond donors (Lipinski definition) is 1. The average Bonchev–Trinajstić information content (AvgIpc) is 3.00. The number of fused-ring (bicyclic) bond motifs is 1. The van der Waals surface area contributed by atoms with E-state index in [2.05, 4.69) is 10.2 Å². The number of H-pyrrole nitrogens is 1. The van der Waals surface area contributed by atoms with Gasteiger partial charge in [0.25, 0.3) is 6.43 Å². The van der Waals surface area contributed by atoms with Crippen LogP contribution in [0.2, 0.25) is 10.0 Å². The van der Waals surface area contributed by atoms with Crippen molar-refractivity contribution in [3.05, 3.63) is 62.8 Å². The predicted molar refractivity (Wildman–Crippen MR) is 91.7 cm³/mol. The molecule has 130 valence electrons. The molecule has 0 amide bonds. The number of carbonyl (C=O) groups excluding carboxylic acids is 1.